The van der Waals surface area contributed by atoms with Crippen molar-refractivity contribution in [3.63, 3.8) is 0 Å². The van der Waals surface area contributed by atoms with Crippen molar-refractivity contribution < 1.29 is 4.74 Å². The maximum absolute atomic E-state index is 6.10. The van der Waals surface area contributed by atoms with E-state index in [4.69, 9.17) is 34.3 Å². The van der Waals surface area contributed by atoms with E-state index in [0.717, 1.165) is 12.2 Å². The molecule has 4 heteroatoms. The number of hydrogen-bond acceptors (Lipinski definition) is 2. The molecule has 98 valence electrons. The van der Waals surface area contributed by atoms with Crippen LogP contribution in [0.25, 0.3) is 0 Å². The van der Waals surface area contributed by atoms with Gasteiger partial charge in [0.1, 0.15) is 16.5 Å². The minimum absolute atomic E-state index is 0.229. The summed E-state index contributed by atoms with van der Waals surface area (Å²) in [5, 5.41) is 0.497. The Morgan fingerprint density at radius 1 is 1.26 bits per heavy atom. The highest BCUT2D eigenvalue weighted by molar-refractivity contribution is 7.80. The molecule has 2 N–H and O–H groups in total. The van der Waals surface area contributed by atoms with E-state index in [0.29, 0.717) is 16.3 Å². The van der Waals surface area contributed by atoms with Crippen LogP contribution >= 0.6 is 23.8 Å². The summed E-state index contributed by atoms with van der Waals surface area (Å²) in [6, 6.07) is 13.2. The summed E-state index contributed by atoms with van der Waals surface area (Å²) in [4.78, 5) is 0.229. The van der Waals surface area contributed by atoms with Crippen molar-refractivity contribution in [3.05, 3.63) is 58.6 Å². The Kier molecular flexibility index (Phi) is 4.40. The number of benzene rings is 2. The van der Waals surface area contributed by atoms with E-state index in [9.17, 15) is 0 Å². The van der Waals surface area contributed by atoms with E-state index < -0.39 is 0 Å². The van der Waals surface area contributed by atoms with Crippen molar-refractivity contribution in [2.75, 3.05) is 0 Å². The molecule has 0 aliphatic heterocycles. The standard InChI is InChI=1S/C15H14ClNOS/c1-2-10-5-3-6-11(9-10)18-13-8-4-7-12(16)14(13)15(17)19/h3-9H,2H2,1H3,(H2,17,19). The van der Waals surface area contributed by atoms with Gasteiger partial charge in [0.2, 0.25) is 0 Å². The van der Waals surface area contributed by atoms with Gasteiger partial charge in [0, 0.05) is 0 Å². The lowest BCUT2D eigenvalue weighted by atomic mass is 10.1. The van der Waals surface area contributed by atoms with Crippen LogP contribution in [0.3, 0.4) is 0 Å². The molecule has 0 atom stereocenters. The summed E-state index contributed by atoms with van der Waals surface area (Å²) in [5.41, 5.74) is 7.47. The Bertz CT molecular complexity index is 613. The third-order valence-electron chi connectivity index (χ3n) is 2.76. The van der Waals surface area contributed by atoms with E-state index in [-0.39, 0.29) is 4.99 Å². The average molecular weight is 292 g/mol. The second-order valence-electron chi connectivity index (χ2n) is 4.08. The number of thiocarbonyl (C=S) groups is 1. The van der Waals surface area contributed by atoms with Gasteiger partial charge in [0.25, 0.3) is 0 Å². The molecule has 0 aromatic heterocycles. The SMILES string of the molecule is CCc1cccc(Oc2cccc(Cl)c2C(N)=S)c1. The summed E-state index contributed by atoms with van der Waals surface area (Å²) in [6.45, 7) is 2.10. The number of hydrogen-bond donors (Lipinski definition) is 1. The van der Waals surface area contributed by atoms with Gasteiger partial charge in [-0.3, -0.25) is 0 Å². The Balaban J connectivity index is 2.38. The van der Waals surface area contributed by atoms with Gasteiger partial charge in [0.05, 0.1) is 10.6 Å². The Morgan fingerprint density at radius 2 is 2.00 bits per heavy atom. The van der Waals surface area contributed by atoms with Crippen LogP contribution in [0.1, 0.15) is 18.1 Å². The molecule has 0 saturated carbocycles. The zero-order chi connectivity index (χ0) is 13.8. The first kappa shape index (κ1) is 13.8. The van der Waals surface area contributed by atoms with Crippen molar-refractivity contribution >= 4 is 28.8 Å². The number of rotatable bonds is 4. The Hall–Kier alpha value is -1.58. The minimum Gasteiger partial charge on any atom is -0.457 e. The van der Waals surface area contributed by atoms with Gasteiger partial charge < -0.3 is 10.5 Å². The van der Waals surface area contributed by atoms with Crippen LogP contribution in [-0.2, 0) is 6.42 Å². The third kappa shape index (κ3) is 3.25. The van der Waals surface area contributed by atoms with Crippen molar-refractivity contribution in [1.82, 2.24) is 0 Å². The van der Waals surface area contributed by atoms with Gasteiger partial charge in [-0.05, 0) is 36.2 Å². The average Bonchev–Trinajstić information content (AvgIpc) is 2.38. The molecule has 2 aromatic rings. The van der Waals surface area contributed by atoms with Crippen LogP contribution in [0.15, 0.2) is 42.5 Å². The molecule has 0 amide bonds. The minimum atomic E-state index is 0.229. The highest BCUT2D eigenvalue weighted by Crippen LogP contribution is 2.30. The van der Waals surface area contributed by atoms with E-state index >= 15 is 0 Å². The fourth-order valence-corrected chi connectivity index (χ4v) is 2.32. The molecule has 0 saturated heterocycles. The van der Waals surface area contributed by atoms with Crippen LogP contribution in [0.4, 0.5) is 0 Å². The van der Waals surface area contributed by atoms with Crippen LogP contribution in [0.2, 0.25) is 5.02 Å². The normalized spacial score (nSPS) is 10.2. The molecule has 0 unspecified atom stereocenters. The largest absolute Gasteiger partial charge is 0.457 e. The van der Waals surface area contributed by atoms with Gasteiger partial charge >= 0.3 is 0 Å². The summed E-state index contributed by atoms with van der Waals surface area (Å²) >= 11 is 11.1. The summed E-state index contributed by atoms with van der Waals surface area (Å²) < 4.78 is 5.84. The molecule has 0 radical (unpaired) electrons. The first-order chi connectivity index (χ1) is 9.11. The second-order valence-corrected chi connectivity index (χ2v) is 4.93. The monoisotopic (exact) mass is 291 g/mol. The molecule has 2 rings (SSSR count). The maximum atomic E-state index is 6.10. The van der Waals surface area contributed by atoms with E-state index in [1.807, 2.05) is 24.3 Å². The van der Waals surface area contributed by atoms with Crippen LogP contribution < -0.4 is 10.5 Å². The van der Waals surface area contributed by atoms with Gasteiger partial charge in [-0.1, -0.05) is 48.9 Å². The smallest absolute Gasteiger partial charge is 0.139 e. The van der Waals surface area contributed by atoms with Crippen LogP contribution in [-0.4, -0.2) is 4.99 Å². The number of ether oxygens (including phenoxy) is 1. The predicted octanol–water partition coefficient (Wildman–Crippen LogP) is 4.33. The highest BCUT2D eigenvalue weighted by atomic mass is 35.5. The molecule has 0 aliphatic rings. The summed E-state index contributed by atoms with van der Waals surface area (Å²) in [7, 11) is 0. The van der Waals surface area contributed by atoms with Crippen molar-refractivity contribution in [1.29, 1.82) is 0 Å². The van der Waals surface area contributed by atoms with Crippen molar-refractivity contribution in [2.45, 2.75) is 13.3 Å². The predicted molar refractivity (Wildman–Crippen MR) is 83.2 cm³/mol. The molecule has 0 aliphatic carbocycles. The van der Waals surface area contributed by atoms with E-state index in [1.54, 1.807) is 12.1 Å². The van der Waals surface area contributed by atoms with Gasteiger partial charge in [-0.25, -0.2) is 0 Å². The molecule has 2 nitrogen and oxygen atoms in total. The van der Waals surface area contributed by atoms with Crippen LogP contribution in [0.5, 0.6) is 11.5 Å². The lowest BCUT2D eigenvalue weighted by Gasteiger charge is -2.12. The topological polar surface area (TPSA) is 35.2 Å². The Labute approximate surface area is 123 Å². The lowest BCUT2D eigenvalue weighted by Crippen LogP contribution is -2.11. The molecule has 0 fully saturated rings. The molecular formula is C15H14ClNOS. The number of nitrogens with two attached hydrogens (primary N) is 1. The molecule has 19 heavy (non-hydrogen) atoms. The maximum Gasteiger partial charge on any atom is 0.139 e. The molecular weight excluding hydrogens is 278 g/mol. The molecule has 2 aromatic carbocycles. The zero-order valence-corrected chi connectivity index (χ0v) is 12.1. The summed E-state index contributed by atoms with van der Waals surface area (Å²) in [6.07, 6.45) is 0.953. The van der Waals surface area contributed by atoms with Crippen molar-refractivity contribution in [2.24, 2.45) is 5.73 Å². The number of aryl methyl sites for hydroxylation is 1. The fraction of sp³-hybridized carbons (Fsp3) is 0.133. The Morgan fingerprint density at radius 3 is 2.68 bits per heavy atom. The van der Waals surface area contributed by atoms with Crippen LogP contribution in [0, 0.1) is 0 Å². The number of halogens is 1. The van der Waals surface area contributed by atoms with Gasteiger partial charge in [0.15, 0.2) is 0 Å². The van der Waals surface area contributed by atoms with Gasteiger partial charge in [-0.15, -0.1) is 0 Å². The third-order valence-corrected chi connectivity index (χ3v) is 3.28. The van der Waals surface area contributed by atoms with Crippen molar-refractivity contribution in [3.8, 4) is 11.5 Å². The van der Waals surface area contributed by atoms with E-state index in [1.165, 1.54) is 5.56 Å². The fourth-order valence-electron chi connectivity index (χ4n) is 1.78. The van der Waals surface area contributed by atoms with E-state index in [2.05, 4.69) is 13.0 Å². The zero-order valence-electron chi connectivity index (χ0n) is 10.5. The quantitative estimate of drug-likeness (QED) is 0.852. The van der Waals surface area contributed by atoms with Gasteiger partial charge in [-0.2, -0.15) is 0 Å². The molecule has 0 spiro atoms. The summed E-state index contributed by atoms with van der Waals surface area (Å²) in [5.74, 6) is 1.33. The second kappa shape index (κ2) is 6.04. The lowest BCUT2D eigenvalue weighted by molar-refractivity contribution is 0.481. The first-order valence-corrected chi connectivity index (χ1v) is 6.75. The molecule has 0 bridgehead atoms. The highest BCUT2D eigenvalue weighted by Gasteiger charge is 2.11. The molecule has 0 heterocycles. The first-order valence-electron chi connectivity index (χ1n) is 5.97.